The van der Waals surface area contributed by atoms with Gasteiger partial charge in [-0.25, -0.2) is 0 Å². The van der Waals surface area contributed by atoms with E-state index in [0.29, 0.717) is 23.4 Å². The second kappa shape index (κ2) is 15.0. The fraction of sp³-hybridized carbons (Fsp3) is 0.971. The molecule has 0 heterocycles. The van der Waals surface area contributed by atoms with Gasteiger partial charge in [-0.2, -0.15) is 11.8 Å². The van der Waals surface area contributed by atoms with E-state index in [1.54, 1.807) is 0 Å². The van der Waals surface area contributed by atoms with Crippen LogP contribution in [0.4, 0.5) is 0 Å². The van der Waals surface area contributed by atoms with E-state index in [-0.39, 0.29) is 18.3 Å². The standard InChI is InChI=1S/C34H62N2OS.ClH/c1-7-38-21-9-20-35-23-32(37)36-27-16-18-33(5)26(22-27)12-13-28-30-15-14-29(25(4)11-8-10-24(2)3)34(30,6)19-17-31(28)33;/h24-31,35H,7-23H2,1-6H3,(H,36,37);1H. The Morgan fingerprint density at radius 1 is 0.923 bits per heavy atom. The molecule has 1 amide bonds. The Hall–Kier alpha value is 0.0700. The predicted molar refractivity (Wildman–Crippen MR) is 173 cm³/mol. The SMILES string of the molecule is CCSCCCNCC(=O)NC1CCC2(C)C(CCC3C2CCC2(C)C(C(C)CCCC(C)C)CCC32)C1.Cl. The van der Waals surface area contributed by atoms with Crippen LogP contribution in [-0.4, -0.2) is 36.5 Å². The summed E-state index contributed by atoms with van der Waals surface area (Å²) in [6, 6.07) is 0.394. The largest absolute Gasteiger partial charge is 0.352 e. The molecule has 0 aromatic heterocycles. The van der Waals surface area contributed by atoms with Crippen LogP contribution >= 0.6 is 24.2 Å². The number of hydrogen-bond donors (Lipinski definition) is 2. The molecule has 4 fully saturated rings. The molecule has 4 saturated carbocycles. The smallest absolute Gasteiger partial charge is 0.234 e. The van der Waals surface area contributed by atoms with Gasteiger partial charge in [0, 0.05) is 6.04 Å². The molecule has 9 atom stereocenters. The molecule has 9 unspecified atom stereocenters. The maximum absolute atomic E-state index is 12.6. The van der Waals surface area contributed by atoms with E-state index in [1.165, 1.54) is 88.6 Å². The summed E-state index contributed by atoms with van der Waals surface area (Å²) < 4.78 is 0. The highest BCUT2D eigenvalue weighted by Gasteiger charge is 2.60. The van der Waals surface area contributed by atoms with E-state index in [4.69, 9.17) is 0 Å². The number of fused-ring (bicyclic) bond motifs is 5. The highest BCUT2D eigenvalue weighted by atomic mass is 35.5. The van der Waals surface area contributed by atoms with Gasteiger partial charge in [0.1, 0.15) is 0 Å². The van der Waals surface area contributed by atoms with Gasteiger partial charge in [0.2, 0.25) is 5.91 Å². The van der Waals surface area contributed by atoms with Crippen molar-refractivity contribution in [2.24, 2.45) is 52.3 Å². The van der Waals surface area contributed by atoms with Crippen LogP contribution in [0.3, 0.4) is 0 Å². The van der Waals surface area contributed by atoms with E-state index in [9.17, 15) is 4.79 Å². The topological polar surface area (TPSA) is 41.1 Å². The van der Waals surface area contributed by atoms with E-state index < -0.39 is 0 Å². The maximum Gasteiger partial charge on any atom is 0.234 e. The van der Waals surface area contributed by atoms with Crippen LogP contribution in [0.5, 0.6) is 0 Å². The first-order valence-corrected chi connectivity index (χ1v) is 17.9. The van der Waals surface area contributed by atoms with Gasteiger partial charge in [-0.15, -0.1) is 12.4 Å². The van der Waals surface area contributed by atoms with Gasteiger partial charge in [0.25, 0.3) is 0 Å². The Kier molecular flexibility index (Phi) is 12.9. The molecule has 0 saturated heterocycles. The summed E-state index contributed by atoms with van der Waals surface area (Å²) in [4.78, 5) is 12.6. The molecule has 4 aliphatic carbocycles. The molecule has 39 heavy (non-hydrogen) atoms. The molecule has 0 aliphatic heterocycles. The molecule has 0 aromatic rings. The lowest BCUT2D eigenvalue weighted by Crippen LogP contribution is -2.56. The number of amides is 1. The molecule has 4 rings (SSSR count). The molecule has 0 aromatic carbocycles. The van der Waals surface area contributed by atoms with Crippen molar-refractivity contribution in [1.29, 1.82) is 0 Å². The second-order valence-corrected chi connectivity index (χ2v) is 16.3. The van der Waals surface area contributed by atoms with Crippen molar-refractivity contribution in [2.75, 3.05) is 24.6 Å². The third kappa shape index (κ3) is 7.73. The van der Waals surface area contributed by atoms with Gasteiger partial charge >= 0.3 is 0 Å². The quantitative estimate of drug-likeness (QED) is 0.213. The molecule has 3 nitrogen and oxygen atoms in total. The minimum absolute atomic E-state index is 0. The fourth-order valence-corrected chi connectivity index (χ4v) is 11.0. The first-order valence-electron chi connectivity index (χ1n) is 16.8. The van der Waals surface area contributed by atoms with Gasteiger partial charge < -0.3 is 10.6 Å². The van der Waals surface area contributed by atoms with Crippen LogP contribution in [-0.2, 0) is 4.79 Å². The van der Waals surface area contributed by atoms with Crippen LogP contribution in [0.1, 0.15) is 125 Å². The van der Waals surface area contributed by atoms with Gasteiger partial charge in [-0.3, -0.25) is 4.79 Å². The molecular weight excluding hydrogens is 520 g/mol. The van der Waals surface area contributed by atoms with E-state index >= 15 is 0 Å². The summed E-state index contributed by atoms with van der Waals surface area (Å²) in [6.07, 6.45) is 17.9. The number of nitrogens with one attached hydrogen (secondary N) is 2. The second-order valence-electron chi connectivity index (χ2n) is 15.0. The van der Waals surface area contributed by atoms with Gasteiger partial charge in [-0.1, -0.05) is 60.8 Å². The van der Waals surface area contributed by atoms with Gasteiger partial charge in [0.15, 0.2) is 0 Å². The van der Waals surface area contributed by atoms with Gasteiger partial charge in [-0.05, 0) is 135 Å². The first-order chi connectivity index (χ1) is 18.2. The lowest BCUT2D eigenvalue weighted by molar-refractivity contribution is -0.127. The summed E-state index contributed by atoms with van der Waals surface area (Å²) in [7, 11) is 0. The van der Waals surface area contributed by atoms with Crippen molar-refractivity contribution in [1.82, 2.24) is 10.6 Å². The fourth-order valence-electron chi connectivity index (χ4n) is 10.3. The van der Waals surface area contributed by atoms with E-state index in [0.717, 1.165) is 54.4 Å². The lowest BCUT2D eigenvalue weighted by atomic mass is 9.44. The number of hydrogen-bond acceptors (Lipinski definition) is 3. The summed E-state index contributed by atoms with van der Waals surface area (Å²) in [6.45, 7) is 16.4. The third-order valence-corrected chi connectivity index (χ3v) is 13.3. The maximum atomic E-state index is 12.6. The van der Waals surface area contributed by atoms with E-state index in [1.807, 2.05) is 11.8 Å². The number of carbonyl (C=O) groups excluding carboxylic acids is 1. The Labute approximate surface area is 252 Å². The summed E-state index contributed by atoms with van der Waals surface area (Å²) in [5.41, 5.74) is 1.09. The van der Waals surface area contributed by atoms with Crippen molar-refractivity contribution in [3.63, 3.8) is 0 Å². The summed E-state index contributed by atoms with van der Waals surface area (Å²) in [5.74, 6) is 8.94. The first kappa shape index (κ1) is 33.6. The number of thioether (sulfide) groups is 1. The number of carbonyl (C=O) groups is 1. The summed E-state index contributed by atoms with van der Waals surface area (Å²) in [5, 5.41) is 6.78. The zero-order valence-electron chi connectivity index (χ0n) is 26.4. The molecule has 2 N–H and O–H groups in total. The zero-order chi connectivity index (χ0) is 27.3. The molecule has 5 heteroatoms. The highest BCUT2D eigenvalue weighted by molar-refractivity contribution is 7.99. The van der Waals surface area contributed by atoms with Crippen LogP contribution in [0.2, 0.25) is 0 Å². The lowest BCUT2D eigenvalue weighted by Gasteiger charge is -2.61. The molecule has 0 spiro atoms. The average molecular weight is 583 g/mol. The van der Waals surface area contributed by atoms with Crippen molar-refractivity contribution >= 4 is 30.1 Å². The van der Waals surface area contributed by atoms with Crippen molar-refractivity contribution < 1.29 is 4.79 Å². The molecule has 0 bridgehead atoms. The Morgan fingerprint density at radius 3 is 2.41 bits per heavy atom. The van der Waals surface area contributed by atoms with Crippen LogP contribution in [0.25, 0.3) is 0 Å². The molecule has 0 radical (unpaired) electrons. The van der Waals surface area contributed by atoms with Crippen molar-refractivity contribution in [2.45, 2.75) is 131 Å². The van der Waals surface area contributed by atoms with E-state index in [2.05, 4.69) is 52.2 Å². The number of rotatable bonds is 13. The predicted octanol–water partition coefficient (Wildman–Crippen LogP) is 8.75. The Bertz CT molecular complexity index is 763. The van der Waals surface area contributed by atoms with Crippen molar-refractivity contribution in [3.05, 3.63) is 0 Å². The summed E-state index contributed by atoms with van der Waals surface area (Å²) >= 11 is 1.98. The minimum atomic E-state index is 0. The molecular formula is C34H63ClN2OS. The third-order valence-electron chi connectivity index (χ3n) is 12.4. The normalized spacial score (nSPS) is 38.3. The van der Waals surface area contributed by atoms with Crippen LogP contribution in [0, 0.1) is 52.3 Å². The van der Waals surface area contributed by atoms with Crippen LogP contribution in [0.15, 0.2) is 0 Å². The van der Waals surface area contributed by atoms with Gasteiger partial charge in [0.05, 0.1) is 6.54 Å². The number of halogens is 1. The Morgan fingerprint density at radius 2 is 1.67 bits per heavy atom. The zero-order valence-corrected chi connectivity index (χ0v) is 28.0. The monoisotopic (exact) mass is 582 g/mol. The molecule has 228 valence electrons. The van der Waals surface area contributed by atoms with Crippen molar-refractivity contribution in [3.8, 4) is 0 Å². The Balaban J connectivity index is 0.00000420. The van der Waals surface area contributed by atoms with Crippen LogP contribution < -0.4 is 10.6 Å². The highest BCUT2D eigenvalue weighted by Crippen LogP contribution is 2.68. The minimum Gasteiger partial charge on any atom is -0.352 e. The molecule has 4 aliphatic rings. The average Bonchev–Trinajstić information content (AvgIpc) is 3.23.